The summed E-state index contributed by atoms with van der Waals surface area (Å²) in [5.41, 5.74) is 0. The van der Waals surface area contributed by atoms with Crippen LogP contribution in [0.3, 0.4) is 0 Å². The molecule has 0 aliphatic heterocycles. The molecule has 74 valence electrons. The van der Waals surface area contributed by atoms with E-state index in [-0.39, 0.29) is 6.10 Å². The monoisotopic (exact) mass is 201 g/mol. The number of hydrogen-bond donors (Lipinski definition) is 0. The van der Waals surface area contributed by atoms with Gasteiger partial charge in [-0.25, -0.2) is 0 Å². The summed E-state index contributed by atoms with van der Waals surface area (Å²) in [7, 11) is 4.08. The summed E-state index contributed by atoms with van der Waals surface area (Å²) in [5.74, 6) is 0. The molecular weight excluding hydrogens is 186 g/mol. The molecule has 1 unspecified atom stereocenters. The maximum absolute atomic E-state index is 5.78. The van der Waals surface area contributed by atoms with Crippen molar-refractivity contribution in [2.45, 2.75) is 12.5 Å². The van der Waals surface area contributed by atoms with Crippen molar-refractivity contribution in [3.05, 3.63) is 23.3 Å². The summed E-state index contributed by atoms with van der Waals surface area (Å²) in [4.78, 5) is 2.11. The Kier molecular flexibility index (Phi) is 4.50. The average Bonchev–Trinajstić information content (AvgIpc) is 2.08. The molecule has 2 nitrogen and oxygen atoms in total. The van der Waals surface area contributed by atoms with Gasteiger partial charge in [0, 0.05) is 11.6 Å². The summed E-state index contributed by atoms with van der Waals surface area (Å²) in [6, 6.07) is 0. The Balaban J connectivity index is 2.14. The summed E-state index contributed by atoms with van der Waals surface area (Å²) >= 11 is 5.78. The molecule has 3 heteroatoms. The molecule has 0 saturated carbocycles. The van der Waals surface area contributed by atoms with Gasteiger partial charge in [-0.1, -0.05) is 23.8 Å². The van der Waals surface area contributed by atoms with E-state index in [2.05, 4.69) is 4.90 Å². The molecule has 0 radical (unpaired) electrons. The van der Waals surface area contributed by atoms with Crippen LogP contribution in [-0.4, -0.2) is 38.3 Å². The lowest BCUT2D eigenvalue weighted by atomic mass is 10.1. The first kappa shape index (κ1) is 10.8. The Bertz CT molecular complexity index is 211. The maximum atomic E-state index is 5.78. The van der Waals surface area contributed by atoms with Crippen molar-refractivity contribution in [2.75, 3.05) is 27.2 Å². The number of allylic oxidation sites excluding steroid dienone is 2. The van der Waals surface area contributed by atoms with Crippen molar-refractivity contribution in [3.63, 3.8) is 0 Å². The normalized spacial score (nSPS) is 22.2. The molecule has 0 amide bonds. The van der Waals surface area contributed by atoms with Gasteiger partial charge in [-0.15, -0.1) is 0 Å². The third kappa shape index (κ3) is 4.46. The van der Waals surface area contributed by atoms with Gasteiger partial charge in [0.2, 0.25) is 0 Å². The zero-order chi connectivity index (χ0) is 9.68. The van der Waals surface area contributed by atoms with E-state index in [1.165, 1.54) is 0 Å². The first-order valence-electron chi connectivity index (χ1n) is 4.48. The molecule has 0 bridgehead atoms. The quantitative estimate of drug-likeness (QED) is 0.690. The van der Waals surface area contributed by atoms with Crippen LogP contribution >= 0.6 is 11.6 Å². The van der Waals surface area contributed by atoms with Gasteiger partial charge < -0.3 is 9.64 Å². The number of likely N-dealkylation sites (N-methyl/N-ethyl adjacent to an activating group) is 1. The van der Waals surface area contributed by atoms with Crippen LogP contribution in [0.4, 0.5) is 0 Å². The minimum atomic E-state index is 0.211. The van der Waals surface area contributed by atoms with E-state index < -0.39 is 0 Å². The van der Waals surface area contributed by atoms with Crippen molar-refractivity contribution in [1.29, 1.82) is 0 Å². The second kappa shape index (κ2) is 5.43. The van der Waals surface area contributed by atoms with E-state index in [9.17, 15) is 0 Å². The highest BCUT2D eigenvalue weighted by Gasteiger charge is 2.07. The standard InChI is InChI=1S/C10H16ClNO/c1-12(2)7-8-13-10-5-3-9(11)4-6-10/h3-5,10H,6-8H2,1-2H3. The Labute approximate surface area is 84.8 Å². The zero-order valence-corrected chi connectivity index (χ0v) is 8.92. The Morgan fingerprint density at radius 1 is 1.62 bits per heavy atom. The van der Waals surface area contributed by atoms with E-state index >= 15 is 0 Å². The molecule has 0 fully saturated rings. The highest BCUT2D eigenvalue weighted by molar-refractivity contribution is 6.31. The first-order valence-corrected chi connectivity index (χ1v) is 4.86. The largest absolute Gasteiger partial charge is 0.372 e. The van der Waals surface area contributed by atoms with Crippen LogP contribution < -0.4 is 0 Å². The van der Waals surface area contributed by atoms with Gasteiger partial charge in [0.15, 0.2) is 0 Å². The average molecular weight is 202 g/mol. The summed E-state index contributed by atoms with van der Waals surface area (Å²) in [5, 5.41) is 0.812. The number of ether oxygens (including phenoxy) is 1. The second-order valence-electron chi connectivity index (χ2n) is 3.40. The molecule has 1 rings (SSSR count). The third-order valence-corrected chi connectivity index (χ3v) is 2.17. The van der Waals surface area contributed by atoms with Gasteiger partial charge in [-0.3, -0.25) is 0 Å². The lowest BCUT2D eigenvalue weighted by molar-refractivity contribution is 0.0747. The van der Waals surface area contributed by atoms with E-state index in [0.29, 0.717) is 0 Å². The van der Waals surface area contributed by atoms with E-state index in [1.54, 1.807) is 0 Å². The molecule has 0 spiro atoms. The highest BCUT2D eigenvalue weighted by atomic mass is 35.5. The van der Waals surface area contributed by atoms with Crippen molar-refractivity contribution >= 4 is 11.6 Å². The second-order valence-corrected chi connectivity index (χ2v) is 3.83. The van der Waals surface area contributed by atoms with Crippen LogP contribution in [0.2, 0.25) is 0 Å². The molecule has 0 aromatic rings. The molecule has 1 atom stereocenters. The van der Waals surface area contributed by atoms with Crippen LogP contribution in [-0.2, 0) is 4.74 Å². The Morgan fingerprint density at radius 3 is 2.92 bits per heavy atom. The minimum Gasteiger partial charge on any atom is -0.372 e. The fourth-order valence-corrected chi connectivity index (χ4v) is 1.25. The predicted octanol–water partition coefficient (Wildman–Crippen LogP) is 2.02. The minimum absolute atomic E-state index is 0.211. The lowest BCUT2D eigenvalue weighted by Crippen LogP contribution is -2.21. The number of halogens is 1. The summed E-state index contributed by atoms with van der Waals surface area (Å²) < 4.78 is 5.61. The van der Waals surface area contributed by atoms with Gasteiger partial charge in [0.1, 0.15) is 0 Å². The summed E-state index contributed by atoms with van der Waals surface area (Å²) in [6.45, 7) is 1.73. The smallest absolute Gasteiger partial charge is 0.0795 e. The van der Waals surface area contributed by atoms with Crippen LogP contribution in [0, 0.1) is 0 Å². The van der Waals surface area contributed by atoms with Crippen LogP contribution in [0.25, 0.3) is 0 Å². The van der Waals surface area contributed by atoms with E-state index in [4.69, 9.17) is 16.3 Å². The van der Waals surface area contributed by atoms with Crippen LogP contribution in [0.1, 0.15) is 6.42 Å². The molecule has 0 saturated heterocycles. The van der Waals surface area contributed by atoms with Crippen molar-refractivity contribution in [3.8, 4) is 0 Å². The van der Waals surface area contributed by atoms with Crippen molar-refractivity contribution in [2.24, 2.45) is 0 Å². The van der Waals surface area contributed by atoms with Gasteiger partial charge in [0.05, 0.1) is 12.7 Å². The molecule has 1 aliphatic rings. The third-order valence-electron chi connectivity index (χ3n) is 1.89. The van der Waals surface area contributed by atoms with Crippen LogP contribution in [0.5, 0.6) is 0 Å². The van der Waals surface area contributed by atoms with Gasteiger partial charge in [-0.2, -0.15) is 0 Å². The van der Waals surface area contributed by atoms with Crippen molar-refractivity contribution in [1.82, 2.24) is 4.90 Å². The topological polar surface area (TPSA) is 12.5 Å². The lowest BCUT2D eigenvalue weighted by Gasteiger charge is -2.17. The SMILES string of the molecule is CN(C)CCOC1C=CC(Cl)=CC1. The molecule has 0 heterocycles. The molecule has 1 aliphatic carbocycles. The van der Waals surface area contributed by atoms with Gasteiger partial charge >= 0.3 is 0 Å². The van der Waals surface area contributed by atoms with Gasteiger partial charge in [0.25, 0.3) is 0 Å². The highest BCUT2D eigenvalue weighted by Crippen LogP contribution is 2.15. The van der Waals surface area contributed by atoms with Crippen LogP contribution in [0.15, 0.2) is 23.3 Å². The van der Waals surface area contributed by atoms with E-state index in [0.717, 1.165) is 24.6 Å². The molecule has 0 aromatic heterocycles. The number of hydrogen-bond acceptors (Lipinski definition) is 2. The molecule has 0 aromatic carbocycles. The molecule has 0 N–H and O–H groups in total. The Hall–Kier alpha value is -0.310. The fraction of sp³-hybridized carbons (Fsp3) is 0.600. The fourth-order valence-electron chi connectivity index (χ4n) is 1.08. The van der Waals surface area contributed by atoms with E-state index in [1.807, 2.05) is 32.3 Å². The maximum Gasteiger partial charge on any atom is 0.0795 e. The Morgan fingerprint density at radius 2 is 2.38 bits per heavy atom. The van der Waals surface area contributed by atoms with Crippen molar-refractivity contribution < 1.29 is 4.74 Å². The molecule has 13 heavy (non-hydrogen) atoms. The molecular formula is C10H16ClNO. The number of rotatable bonds is 4. The zero-order valence-electron chi connectivity index (χ0n) is 8.16. The number of nitrogens with zero attached hydrogens (tertiary/aromatic N) is 1. The first-order chi connectivity index (χ1) is 6.18. The predicted molar refractivity (Wildman–Crippen MR) is 56.0 cm³/mol. The summed E-state index contributed by atoms with van der Waals surface area (Å²) in [6.07, 6.45) is 7.00. The van der Waals surface area contributed by atoms with Gasteiger partial charge in [-0.05, 0) is 26.6 Å².